The van der Waals surface area contributed by atoms with Crippen molar-refractivity contribution in [2.45, 2.75) is 6.92 Å². The second kappa shape index (κ2) is 5.73. The molecule has 2 aromatic rings. The molecule has 0 radical (unpaired) electrons. The van der Waals surface area contributed by atoms with Crippen LogP contribution in [0, 0.1) is 6.92 Å². The van der Waals surface area contributed by atoms with Gasteiger partial charge in [-0.15, -0.1) is 0 Å². The molecule has 1 aliphatic heterocycles. The van der Waals surface area contributed by atoms with Gasteiger partial charge in [0.2, 0.25) is 5.22 Å². The quantitative estimate of drug-likeness (QED) is 0.849. The predicted molar refractivity (Wildman–Crippen MR) is 78.6 cm³/mol. The standard InChI is InChI=1S/C14H15ClN4O2/c1-10-16-4-2-12(17-10)18-5-7-19(8-6-18)14(20)11-3-9-21-13(11)15/h2-4,9H,5-8H2,1H3. The molecule has 0 bridgehead atoms. The molecule has 6 nitrogen and oxygen atoms in total. The second-order valence-corrected chi connectivity index (χ2v) is 5.19. The van der Waals surface area contributed by atoms with Crippen LogP contribution in [0.5, 0.6) is 0 Å². The van der Waals surface area contributed by atoms with E-state index in [2.05, 4.69) is 14.9 Å². The van der Waals surface area contributed by atoms with Crippen LogP contribution in [0.25, 0.3) is 0 Å². The lowest BCUT2D eigenvalue weighted by Crippen LogP contribution is -2.49. The summed E-state index contributed by atoms with van der Waals surface area (Å²) in [4.78, 5) is 24.7. The van der Waals surface area contributed by atoms with Crippen molar-refractivity contribution in [2.75, 3.05) is 31.1 Å². The fourth-order valence-electron chi connectivity index (χ4n) is 2.37. The molecule has 1 aliphatic rings. The van der Waals surface area contributed by atoms with Crippen LogP contribution in [0.1, 0.15) is 16.2 Å². The molecule has 3 heterocycles. The number of carbonyl (C=O) groups is 1. The lowest BCUT2D eigenvalue weighted by molar-refractivity contribution is 0.0746. The van der Waals surface area contributed by atoms with Gasteiger partial charge in [-0.3, -0.25) is 4.79 Å². The first-order valence-electron chi connectivity index (χ1n) is 6.72. The van der Waals surface area contributed by atoms with Crippen LogP contribution >= 0.6 is 11.6 Å². The molecule has 0 unspecified atom stereocenters. The zero-order valence-electron chi connectivity index (χ0n) is 11.6. The molecular formula is C14H15ClN4O2. The van der Waals surface area contributed by atoms with E-state index in [0.29, 0.717) is 18.7 Å². The largest absolute Gasteiger partial charge is 0.452 e. The highest BCUT2D eigenvalue weighted by Gasteiger charge is 2.25. The van der Waals surface area contributed by atoms with Crippen molar-refractivity contribution < 1.29 is 9.21 Å². The van der Waals surface area contributed by atoms with E-state index in [4.69, 9.17) is 16.0 Å². The molecule has 110 valence electrons. The molecule has 7 heteroatoms. The number of amides is 1. The fraction of sp³-hybridized carbons (Fsp3) is 0.357. The number of furan rings is 1. The maximum Gasteiger partial charge on any atom is 0.258 e. The maximum atomic E-state index is 12.3. The third-order valence-corrected chi connectivity index (χ3v) is 3.79. The lowest BCUT2D eigenvalue weighted by atomic mass is 10.2. The smallest absolute Gasteiger partial charge is 0.258 e. The first-order valence-corrected chi connectivity index (χ1v) is 7.10. The molecule has 0 saturated carbocycles. The molecule has 0 aromatic carbocycles. The highest BCUT2D eigenvalue weighted by molar-refractivity contribution is 6.32. The van der Waals surface area contributed by atoms with E-state index in [1.165, 1.54) is 6.26 Å². The van der Waals surface area contributed by atoms with Crippen LogP contribution in [-0.4, -0.2) is 47.0 Å². The monoisotopic (exact) mass is 306 g/mol. The third kappa shape index (κ3) is 2.85. The first kappa shape index (κ1) is 13.9. The third-order valence-electron chi connectivity index (χ3n) is 3.50. The Hall–Kier alpha value is -2.08. The number of carbonyl (C=O) groups excluding carboxylic acids is 1. The van der Waals surface area contributed by atoms with Gasteiger partial charge in [0.1, 0.15) is 11.6 Å². The van der Waals surface area contributed by atoms with Crippen molar-refractivity contribution >= 4 is 23.3 Å². The van der Waals surface area contributed by atoms with E-state index in [0.717, 1.165) is 24.7 Å². The van der Waals surface area contributed by atoms with Crippen molar-refractivity contribution in [1.29, 1.82) is 0 Å². The Bertz CT molecular complexity index is 650. The van der Waals surface area contributed by atoms with Crippen LogP contribution in [-0.2, 0) is 0 Å². The minimum Gasteiger partial charge on any atom is -0.452 e. The van der Waals surface area contributed by atoms with Crippen molar-refractivity contribution in [1.82, 2.24) is 14.9 Å². The molecular weight excluding hydrogens is 292 g/mol. The number of rotatable bonds is 2. The van der Waals surface area contributed by atoms with Crippen molar-refractivity contribution in [3.63, 3.8) is 0 Å². The Morgan fingerprint density at radius 3 is 2.67 bits per heavy atom. The van der Waals surface area contributed by atoms with Crippen LogP contribution in [0.3, 0.4) is 0 Å². The van der Waals surface area contributed by atoms with Gasteiger partial charge in [0, 0.05) is 32.4 Å². The van der Waals surface area contributed by atoms with Gasteiger partial charge < -0.3 is 14.2 Å². The molecule has 0 atom stereocenters. The number of halogens is 1. The van der Waals surface area contributed by atoms with Gasteiger partial charge in [0.25, 0.3) is 5.91 Å². The zero-order chi connectivity index (χ0) is 14.8. The second-order valence-electron chi connectivity index (χ2n) is 4.85. The first-order chi connectivity index (χ1) is 10.1. The van der Waals surface area contributed by atoms with Crippen LogP contribution in [0.2, 0.25) is 5.22 Å². The molecule has 0 aliphatic carbocycles. The summed E-state index contributed by atoms with van der Waals surface area (Å²) in [5.41, 5.74) is 0.419. The minimum atomic E-state index is -0.0905. The Kier molecular flexibility index (Phi) is 3.79. The van der Waals surface area contributed by atoms with Crippen LogP contribution in [0.15, 0.2) is 29.0 Å². The van der Waals surface area contributed by atoms with E-state index in [-0.39, 0.29) is 11.1 Å². The number of anilines is 1. The zero-order valence-corrected chi connectivity index (χ0v) is 12.4. The molecule has 1 saturated heterocycles. The van der Waals surface area contributed by atoms with Crippen molar-refractivity contribution in [3.8, 4) is 0 Å². The van der Waals surface area contributed by atoms with E-state index in [9.17, 15) is 4.79 Å². The number of aromatic nitrogens is 2. The summed E-state index contributed by atoms with van der Waals surface area (Å²) < 4.78 is 4.97. The van der Waals surface area contributed by atoms with E-state index >= 15 is 0 Å². The molecule has 0 N–H and O–H groups in total. The van der Waals surface area contributed by atoms with E-state index in [1.807, 2.05) is 13.0 Å². The summed E-state index contributed by atoms with van der Waals surface area (Å²) in [6, 6.07) is 3.49. The average Bonchev–Trinajstić information content (AvgIpc) is 2.93. The number of hydrogen-bond donors (Lipinski definition) is 0. The summed E-state index contributed by atoms with van der Waals surface area (Å²) in [6.45, 7) is 4.59. The summed E-state index contributed by atoms with van der Waals surface area (Å²) >= 11 is 5.85. The number of hydrogen-bond acceptors (Lipinski definition) is 5. The number of aryl methyl sites for hydroxylation is 1. The van der Waals surface area contributed by atoms with Gasteiger partial charge in [-0.1, -0.05) is 0 Å². The SMILES string of the molecule is Cc1nccc(N2CCN(C(=O)c3ccoc3Cl)CC2)n1. The average molecular weight is 307 g/mol. The van der Waals surface area contributed by atoms with Crippen molar-refractivity contribution in [2.24, 2.45) is 0 Å². The van der Waals surface area contributed by atoms with Gasteiger partial charge in [0.05, 0.1) is 11.8 Å². The number of piperazine rings is 1. The molecule has 1 fully saturated rings. The Balaban J connectivity index is 1.65. The summed E-state index contributed by atoms with van der Waals surface area (Å²) in [7, 11) is 0. The Labute approximate surface area is 127 Å². The van der Waals surface area contributed by atoms with Gasteiger partial charge >= 0.3 is 0 Å². The molecule has 3 rings (SSSR count). The van der Waals surface area contributed by atoms with E-state index in [1.54, 1.807) is 17.2 Å². The molecule has 1 amide bonds. The predicted octanol–water partition coefficient (Wildman–Crippen LogP) is 1.99. The van der Waals surface area contributed by atoms with E-state index < -0.39 is 0 Å². The van der Waals surface area contributed by atoms with Gasteiger partial charge in [0.15, 0.2) is 0 Å². The van der Waals surface area contributed by atoms with Crippen molar-refractivity contribution in [3.05, 3.63) is 41.2 Å². The summed E-state index contributed by atoms with van der Waals surface area (Å²) in [6.07, 6.45) is 3.18. The molecule has 21 heavy (non-hydrogen) atoms. The Morgan fingerprint density at radius 2 is 2.05 bits per heavy atom. The van der Waals surface area contributed by atoms with Gasteiger partial charge in [-0.05, 0) is 30.7 Å². The number of nitrogens with zero attached hydrogens (tertiary/aromatic N) is 4. The lowest BCUT2D eigenvalue weighted by Gasteiger charge is -2.35. The fourth-order valence-corrected chi connectivity index (χ4v) is 2.57. The van der Waals surface area contributed by atoms with Crippen LogP contribution in [0.4, 0.5) is 5.82 Å². The minimum absolute atomic E-state index is 0.0905. The molecule has 2 aromatic heterocycles. The molecule has 0 spiro atoms. The normalized spacial score (nSPS) is 15.3. The highest BCUT2D eigenvalue weighted by atomic mass is 35.5. The highest BCUT2D eigenvalue weighted by Crippen LogP contribution is 2.20. The summed E-state index contributed by atoms with van der Waals surface area (Å²) in [5.74, 6) is 1.55. The van der Waals surface area contributed by atoms with Crippen LogP contribution < -0.4 is 4.90 Å². The Morgan fingerprint density at radius 1 is 1.29 bits per heavy atom. The summed E-state index contributed by atoms with van der Waals surface area (Å²) in [5, 5.41) is 0.147. The topological polar surface area (TPSA) is 62.5 Å². The maximum absolute atomic E-state index is 12.3. The van der Waals surface area contributed by atoms with Gasteiger partial charge in [-0.2, -0.15) is 0 Å². The van der Waals surface area contributed by atoms with Gasteiger partial charge in [-0.25, -0.2) is 9.97 Å².